The van der Waals surface area contributed by atoms with Crippen LogP contribution in [0, 0.1) is 0 Å². The van der Waals surface area contributed by atoms with Crippen molar-refractivity contribution in [3.8, 4) is 0 Å². The number of allylic oxidation sites excluding steroid dienone is 1. The highest BCUT2D eigenvalue weighted by Gasteiger charge is 2.32. The van der Waals surface area contributed by atoms with Gasteiger partial charge in [-0.3, -0.25) is 9.59 Å². The molecule has 0 saturated carbocycles. The summed E-state index contributed by atoms with van der Waals surface area (Å²) in [5, 5.41) is 10.2. The first-order valence-electron chi connectivity index (χ1n) is 5.58. The molecular formula is C13H14O5. The standard InChI is InChI=1S/C13H14O5/c1-8-5-12(15)18-11-6-13(16,4-3-10(8)11)7-17-9(2)14/h3-4,6,16H,5,7H2,1-2H3. The molecule has 96 valence electrons. The van der Waals surface area contributed by atoms with Gasteiger partial charge in [0.2, 0.25) is 0 Å². The molecule has 0 aromatic rings. The van der Waals surface area contributed by atoms with Gasteiger partial charge in [0.1, 0.15) is 18.0 Å². The molecule has 2 rings (SSSR count). The van der Waals surface area contributed by atoms with Crippen molar-refractivity contribution in [3.05, 3.63) is 35.1 Å². The Hall–Kier alpha value is -1.88. The maximum Gasteiger partial charge on any atom is 0.315 e. The van der Waals surface area contributed by atoms with Gasteiger partial charge in [-0.2, -0.15) is 0 Å². The first kappa shape index (κ1) is 12.6. The van der Waals surface area contributed by atoms with E-state index in [0.29, 0.717) is 5.76 Å². The molecule has 0 aromatic carbocycles. The fraction of sp³-hybridized carbons (Fsp3) is 0.385. The minimum atomic E-state index is -1.43. The van der Waals surface area contributed by atoms with Gasteiger partial charge in [-0.25, -0.2) is 0 Å². The fourth-order valence-electron chi connectivity index (χ4n) is 1.88. The number of aliphatic hydroxyl groups is 1. The highest BCUT2D eigenvalue weighted by atomic mass is 16.5. The quantitative estimate of drug-likeness (QED) is 0.740. The molecule has 18 heavy (non-hydrogen) atoms. The summed E-state index contributed by atoms with van der Waals surface area (Å²) in [4.78, 5) is 22.1. The number of esters is 2. The molecule has 0 radical (unpaired) electrons. The molecule has 0 amide bonds. The number of carbonyl (C=O) groups excluding carboxylic acids is 2. The van der Waals surface area contributed by atoms with Crippen LogP contribution in [0.25, 0.3) is 0 Å². The lowest BCUT2D eigenvalue weighted by Crippen LogP contribution is -2.34. The Morgan fingerprint density at radius 1 is 1.61 bits per heavy atom. The van der Waals surface area contributed by atoms with Crippen molar-refractivity contribution < 1.29 is 24.2 Å². The molecule has 0 saturated heterocycles. The first-order chi connectivity index (χ1) is 8.39. The molecule has 1 N–H and O–H groups in total. The van der Waals surface area contributed by atoms with Gasteiger partial charge in [-0.1, -0.05) is 11.6 Å². The van der Waals surface area contributed by atoms with Gasteiger partial charge in [0.05, 0.1) is 6.42 Å². The third-order valence-electron chi connectivity index (χ3n) is 2.78. The lowest BCUT2D eigenvalue weighted by molar-refractivity contribution is -0.145. The van der Waals surface area contributed by atoms with Gasteiger partial charge in [-0.15, -0.1) is 0 Å². The predicted octanol–water partition coefficient (Wildman–Crippen LogP) is 0.998. The van der Waals surface area contributed by atoms with Crippen molar-refractivity contribution in [1.29, 1.82) is 0 Å². The van der Waals surface area contributed by atoms with Crippen LogP contribution < -0.4 is 0 Å². The third kappa shape index (κ3) is 2.51. The number of hydrogen-bond donors (Lipinski definition) is 1. The minimum absolute atomic E-state index is 0.202. The van der Waals surface area contributed by atoms with Crippen molar-refractivity contribution in [1.82, 2.24) is 0 Å². The SMILES string of the molecule is CC(=O)OCC1(O)C=CC2=C(C)CC(=O)OC2=C1. The molecule has 0 fully saturated rings. The molecule has 5 nitrogen and oxygen atoms in total. The number of fused-ring (bicyclic) bond motifs is 1. The zero-order valence-corrected chi connectivity index (χ0v) is 10.2. The molecule has 0 aromatic heterocycles. The van der Waals surface area contributed by atoms with E-state index in [1.165, 1.54) is 19.1 Å². The first-order valence-corrected chi connectivity index (χ1v) is 5.58. The summed E-state index contributed by atoms with van der Waals surface area (Å²) < 4.78 is 9.85. The largest absolute Gasteiger partial charge is 0.462 e. The van der Waals surface area contributed by atoms with Crippen molar-refractivity contribution >= 4 is 11.9 Å². The monoisotopic (exact) mass is 250 g/mol. The van der Waals surface area contributed by atoms with Gasteiger partial charge in [0.25, 0.3) is 0 Å². The highest BCUT2D eigenvalue weighted by Crippen LogP contribution is 2.32. The summed E-state index contributed by atoms with van der Waals surface area (Å²) in [5.41, 5.74) is 0.257. The maximum absolute atomic E-state index is 11.3. The molecule has 2 aliphatic rings. The predicted molar refractivity (Wildman–Crippen MR) is 62.2 cm³/mol. The maximum atomic E-state index is 11.3. The molecule has 1 aliphatic carbocycles. The zero-order valence-electron chi connectivity index (χ0n) is 10.2. The average Bonchev–Trinajstić information content (AvgIpc) is 2.25. The molecule has 1 heterocycles. The second-order valence-corrected chi connectivity index (χ2v) is 4.46. The second-order valence-electron chi connectivity index (χ2n) is 4.46. The van der Waals surface area contributed by atoms with Crippen LogP contribution in [0.1, 0.15) is 20.3 Å². The van der Waals surface area contributed by atoms with Crippen LogP contribution in [0.2, 0.25) is 0 Å². The Morgan fingerprint density at radius 3 is 3.00 bits per heavy atom. The Bertz CT molecular complexity index is 498. The normalized spacial score (nSPS) is 26.4. The van der Waals surface area contributed by atoms with E-state index in [-0.39, 0.29) is 19.0 Å². The van der Waals surface area contributed by atoms with E-state index in [9.17, 15) is 14.7 Å². The molecule has 1 atom stereocenters. The van der Waals surface area contributed by atoms with Crippen LogP contribution in [0.4, 0.5) is 0 Å². The molecule has 1 aliphatic heterocycles. The van der Waals surface area contributed by atoms with Crippen LogP contribution in [-0.2, 0) is 19.1 Å². The van der Waals surface area contributed by atoms with Crippen LogP contribution in [0.3, 0.4) is 0 Å². The summed E-state index contributed by atoms with van der Waals surface area (Å²) in [5.74, 6) is -0.512. The van der Waals surface area contributed by atoms with Gasteiger partial charge in [0.15, 0.2) is 0 Å². The highest BCUT2D eigenvalue weighted by molar-refractivity contribution is 5.78. The van der Waals surface area contributed by atoms with Gasteiger partial charge in [-0.05, 0) is 19.1 Å². The summed E-state index contributed by atoms with van der Waals surface area (Å²) >= 11 is 0. The summed E-state index contributed by atoms with van der Waals surface area (Å²) in [6.45, 7) is 2.90. The third-order valence-corrected chi connectivity index (χ3v) is 2.78. The Morgan fingerprint density at radius 2 is 2.33 bits per heavy atom. The van der Waals surface area contributed by atoms with Crippen LogP contribution in [-0.4, -0.2) is 29.3 Å². The molecule has 0 bridgehead atoms. The number of carbonyl (C=O) groups is 2. The molecular weight excluding hydrogens is 236 g/mol. The van der Waals surface area contributed by atoms with E-state index in [0.717, 1.165) is 11.1 Å². The Kier molecular flexibility index (Phi) is 3.09. The van der Waals surface area contributed by atoms with E-state index < -0.39 is 11.6 Å². The summed E-state index contributed by atoms with van der Waals surface area (Å²) in [7, 11) is 0. The zero-order chi connectivity index (χ0) is 13.3. The lowest BCUT2D eigenvalue weighted by atomic mass is 9.90. The number of ether oxygens (including phenoxy) is 2. The van der Waals surface area contributed by atoms with Gasteiger partial charge in [0, 0.05) is 12.5 Å². The van der Waals surface area contributed by atoms with Crippen LogP contribution >= 0.6 is 0 Å². The van der Waals surface area contributed by atoms with Crippen molar-refractivity contribution in [2.24, 2.45) is 0 Å². The smallest absolute Gasteiger partial charge is 0.315 e. The average molecular weight is 250 g/mol. The second kappa shape index (κ2) is 4.42. The van der Waals surface area contributed by atoms with E-state index in [2.05, 4.69) is 0 Å². The topological polar surface area (TPSA) is 72.8 Å². The van der Waals surface area contributed by atoms with Gasteiger partial charge < -0.3 is 14.6 Å². The van der Waals surface area contributed by atoms with E-state index >= 15 is 0 Å². The number of rotatable bonds is 2. The molecule has 5 heteroatoms. The Labute approximate surface area is 104 Å². The van der Waals surface area contributed by atoms with Gasteiger partial charge >= 0.3 is 11.9 Å². The van der Waals surface area contributed by atoms with Crippen LogP contribution in [0.15, 0.2) is 35.1 Å². The van der Waals surface area contributed by atoms with Crippen molar-refractivity contribution in [2.75, 3.05) is 6.61 Å². The number of hydrogen-bond acceptors (Lipinski definition) is 5. The lowest BCUT2D eigenvalue weighted by Gasteiger charge is -2.28. The summed E-state index contributed by atoms with van der Waals surface area (Å²) in [6, 6.07) is 0. The molecule has 0 spiro atoms. The fourth-order valence-corrected chi connectivity index (χ4v) is 1.88. The van der Waals surface area contributed by atoms with Crippen molar-refractivity contribution in [3.63, 3.8) is 0 Å². The van der Waals surface area contributed by atoms with Crippen molar-refractivity contribution in [2.45, 2.75) is 25.9 Å². The van der Waals surface area contributed by atoms with E-state index in [4.69, 9.17) is 9.47 Å². The summed E-state index contributed by atoms with van der Waals surface area (Å²) in [6.07, 6.45) is 4.85. The van der Waals surface area contributed by atoms with E-state index in [1.807, 2.05) is 6.92 Å². The van der Waals surface area contributed by atoms with Crippen LogP contribution in [0.5, 0.6) is 0 Å². The van der Waals surface area contributed by atoms with E-state index in [1.54, 1.807) is 6.08 Å². The minimum Gasteiger partial charge on any atom is -0.462 e. The Balaban J connectivity index is 2.26. The molecule has 1 unspecified atom stereocenters.